The topological polar surface area (TPSA) is 50.7 Å². The fraction of sp³-hybridized carbons (Fsp3) is 0.0500. The molecule has 0 aliphatic rings. The number of anilines is 1. The monoisotopic (exact) mass is 382 g/mol. The molecule has 0 fully saturated rings. The Bertz CT molecular complexity index is 1020. The van der Waals surface area contributed by atoms with Crippen LogP contribution in [-0.4, -0.2) is 15.0 Å². The standard InChI is InChI=1S/C20H15ClN4.ClH/c21-17-9-3-1-7-15(17)20-24-18-10-4-2-8-16(18)19(25-20)23-13-14-6-5-11-22-12-14;/h1-12H,13H2,(H,23,24,25);1H. The molecule has 2 heterocycles. The van der Waals surface area contributed by atoms with Crippen molar-refractivity contribution in [1.82, 2.24) is 15.0 Å². The minimum atomic E-state index is 0. The van der Waals surface area contributed by atoms with E-state index in [1.165, 1.54) is 0 Å². The Balaban J connectivity index is 0.00000196. The molecular formula is C20H16Cl2N4. The van der Waals surface area contributed by atoms with Crippen LogP contribution in [0.4, 0.5) is 5.82 Å². The van der Waals surface area contributed by atoms with E-state index in [1.807, 2.05) is 66.9 Å². The lowest BCUT2D eigenvalue weighted by Crippen LogP contribution is -2.04. The van der Waals surface area contributed by atoms with Crippen molar-refractivity contribution >= 4 is 40.7 Å². The van der Waals surface area contributed by atoms with Crippen molar-refractivity contribution in [2.75, 3.05) is 5.32 Å². The third-order valence-electron chi connectivity index (χ3n) is 3.90. The molecule has 2 aromatic carbocycles. The zero-order valence-corrected chi connectivity index (χ0v) is 15.3. The van der Waals surface area contributed by atoms with E-state index in [2.05, 4.69) is 15.3 Å². The molecule has 130 valence electrons. The lowest BCUT2D eigenvalue weighted by Gasteiger charge is -2.11. The molecule has 4 aromatic rings. The second kappa shape index (κ2) is 8.13. The van der Waals surface area contributed by atoms with Crippen LogP contribution in [-0.2, 0) is 6.54 Å². The molecule has 1 N–H and O–H groups in total. The number of hydrogen-bond donors (Lipinski definition) is 1. The summed E-state index contributed by atoms with van der Waals surface area (Å²) in [5, 5.41) is 5.01. The van der Waals surface area contributed by atoms with Crippen molar-refractivity contribution in [3.63, 3.8) is 0 Å². The van der Waals surface area contributed by atoms with E-state index in [-0.39, 0.29) is 12.4 Å². The van der Waals surface area contributed by atoms with E-state index in [1.54, 1.807) is 6.20 Å². The molecule has 0 spiro atoms. The van der Waals surface area contributed by atoms with Gasteiger partial charge in [0.05, 0.1) is 10.5 Å². The van der Waals surface area contributed by atoms with Crippen LogP contribution in [0.15, 0.2) is 73.1 Å². The highest BCUT2D eigenvalue weighted by atomic mass is 35.5. The first kappa shape index (κ1) is 18.1. The first-order chi connectivity index (χ1) is 12.3. The van der Waals surface area contributed by atoms with E-state index in [0.29, 0.717) is 17.4 Å². The molecule has 26 heavy (non-hydrogen) atoms. The summed E-state index contributed by atoms with van der Waals surface area (Å²) in [5.41, 5.74) is 2.78. The number of nitrogens with zero attached hydrogens (tertiary/aromatic N) is 3. The summed E-state index contributed by atoms with van der Waals surface area (Å²) in [6, 6.07) is 19.5. The molecule has 0 radical (unpaired) electrons. The summed E-state index contributed by atoms with van der Waals surface area (Å²) >= 11 is 6.33. The minimum Gasteiger partial charge on any atom is -0.365 e. The number of benzene rings is 2. The first-order valence-corrected chi connectivity index (χ1v) is 8.33. The van der Waals surface area contributed by atoms with E-state index >= 15 is 0 Å². The van der Waals surface area contributed by atoms with E-state index in [9.17, 15) is 0 Å². The predicted molar refractivity (Wildman–Crippen MR) is 109 cm³/mol. The highest BCUT2D eigenvalue weighted by molar-refractivity contribution is 6.33. The Kier molecular flexibility index (Phi) is 5.66. The average Bonchev–Trinajstić information content (AvgIpc) is 2.67. The molecule has 0 atom stereocenters. The van der Waals surface area contributed by atoms with Crippen molar-refractivity contribution in [3.8, 4) is 11.4 Å². The zero-order valence-electron chi connectivity index (χ0n) is 13.8. The molecule has 4 nitrogen and oxygen atoms in total. The largest absolute Gasteiger partial charge is 0.365 e. The van der Waals surface area contributed by atoms with Crippen LogP contribution in [0.2, 0.25) is 5.02 Å². The van der Waals surface area contributed by atoms with Crippen molar-refractivity contribution in [2.24, 2.45) is 0 Å². The number of fused-ring (bicyclic) bond motifs is 1. The van der Waals surface area contributed by atoms with Gasteiger partial charge in [0.15, 0.2) is 5.82 Å². The smallest absolute Gasteiger partial charge is 0.163 e. The third-order valence-corrected chi connectivity index (χ3v) is 4.23. The van der Waals surface area contributed by atoms with Gasteiger partial charge in [0.25, 0.3) is 0 Å². The molecule has 0 bridgehead atoms. The average molecular weight is 383 g/mol. The molecule has 0 saturated heterocycles. The SMILES string of the molecule is Cl.Clc1ccccc1-c1nc(NCc2cccnc2)c2ccccc2n1. The Morgan fingerprint density at radius 3 is 2.50 bits per heavy atom. The summed E-state index contributed by atoms with van der Waals surface area (Å²) in [6.07, 6.45) is 3.60. The van der Waals surface area contributed by atoms with Gasteiger partial charge in [-0.2, -0.15) is 0 Å². The van der Waals surface area contributed by atoms with Crippen molar-refractivity contribution < 1.29 is 0 Å². The Hall–Kier alpha value is -2.69. The van der Waals surface area contributed by atoms with Gasteiger partial charge in [0, 0.05) is 29.9 Å². The summed E-state index contributed by atoms with van der Waals surface area (Å²) in [6.45, 7) is 0.636. The van der Waals surface area contributed by atoms with Crippen LogP contribution < -0.4 is 5.32 Å². The third kappa shape index (κ3) is 3.77. The number of aromatic nitrogens is 3. The number of pyridine rings is 1. The number of para-hydroxylation sites is 1. The maximum absolute atomic E-state index is 6.33. The number of hydrogen-bond acceptors (Lipinski definition) is 4. The maximum Gasteiger partial charge on any atom is 0.163 e. The van der Waals surface area contributed by atoms with Crippen LogP contribution in [0, 0.1) is 0 Å². The van der Waals surface area contributed by atoms with E-state index in [4.69, 9.17) is 16.6 Å². The lowest BCUT2D eigenvalue weighted by molar-refractivity contribution is 1.08. The van der Waals surface area contributed by atoms with E-state index < -0.39 is 0 Å². The van der Waals surface area contributed by atoms with Gasteiger partial charge in [-0.05, 0) is 35.9 Å². The van der Waals surface area contributed by atoms with Gasteiger partial charge in [0.2, 0.25) is 0 Å². The van der Waals surface area contributed by atoms with Gasteiger partial charge in [-0.1, -0.05) is 41.9 Å². The van der Waals surface area contributed by atoms with Crippen LogP contribution in [0.1, 0.15) is 5.56 Å². The predicted octanol–water partition coefficient (Wildman–Crippen LogP) is 5.38. The second-order valence-corrected chi connectivity index (χ2v) is 6.01. The summed E-state index contributed by atoms with van der Waals surface area (Å²) in [4.78, 5) is 13.5. The van der Waals surface area contributed by atoms with Gasteiger partial charge in [-0.15, -0.1) is 12.4 Å². The first-order valence-electron chi connectivity index (χ1n) is 7.96. The van der Waals surface area contributed by atoms with Crippen LogP contribution in [0.3, 0.4) is 0 Å². The normalized spacial score (nSPS) is 10.3. The van der Waals surface area contributed by atoms with Crippen molar-refractivity contribution in [3.05, 3.63) is 83.6 Å². The molecule has 0 amide bonds. The van der Waals surface area contributed by atoms with Gasteiger partial charge < -0.3 is 5.32 Å². The van der Waals surface area contributed by atoms with E-state index in [0.717, 1.165) is 27.8 Å². The van der Waals surface area contributed by atoms with Gasteiger partial charge in [-0.25, -0.2) is 9.97 Å². The summed E-state index contributed by atoms with van der Waals surface area (Å²) in [7, 11) is 0. The highest BCUT2D eigenvalue weighted by Crippen LogP contribution is 2.29. The molecule has 2 aromatic heterocycles. The zero-order chi connectivity index (χ0) is 17.1. The quantitative estimate of drug-likeness (QED) is 0.514. The van der Waals surface area contributed by atoms with Gasteiger partial charge in [0.1, 0.15) is 5.82 Å². The maximum atomic E-state index is 6.33. The van der Waals surface area contributed by atoms with Crippen molar-refractivity contribution in [2.45, 2.75) is 6.54 Å². The molecule has 6 heteroatoms. The van der Waals surface area contributed by atoms with Crippen molar-refractivity contribution in [1.29, 1.82) is 0 Å². The molecule has 0 unspecified atom stereocenters. The number of halogens is 2. The molecule has 0 aliphatic heterocycles. The Morgan fingerprint density at radius 1 is 0.885 bits per heavy atom. The molecular weight excluding hydrogens is 367 g/mol. The second-order valence-electron chi connectivity index (χ2n) is 5.61. The van der Waals surface area contributed by atoms with Gasteiger partial charge >= 0.3 is 0 Å². The number of rotatable bonds is 4. The highest BCUT2D eigenvalue weighted by Gasteiger charge is 2.11. The Morgan fingerprint density at radius 2 is 1.69 bits per heavy atom. The van der Waals surface area contributed by atoms with Crippen LogP contribution >= 0.6 is 24.0 Å². The van der Waals surface area contributed by atoms with Crippen LogP contribution in [0.5, 0.6) is 0 Å². The summed E-state index contributed by atoms with van der Waals surface area (Å²) in [5.74, 6) is 1.39. The molecule has 4 rings (SSSR count). The fourth-order valence-electron chi connectivity index (χ4n) is 2.66. The molecule has 0 saturated carbocycles. The number of nitrogens with one attached hydrogen (secondary N) is 1. The fourth-order valence-corrected chi connectivity index (χ4v) is 2.88. The lowest BCUT2D eigenvalue weighted by atomic mass is 10.1. The van der Waals surface area contributed by atoms with Crippen LogP contribution in [0.25, 0.3) is 22.3 Å². The van der Waals surface area contributed by atoms with Gasteiger partial charge in [-0.3, -0.25) is 4.98 Å². The minimum absolute atomic E-state index is 0. The summed E-state index contributed by atoms with van der Waals surface area (Å²) < 4.78 is 0. The Labute approximate surface area is 162 Å². The molecule has 0 aliphatic carbocycles.